The van der Waals surface area contributed by atoms with Gasteiger partial charge in [0.2, 0.25) is 0 Å². The van der Waals surface area contributed by atoms with E-state index in [-0.39, 0.29) is 18.6 Å². The lowest BCUT2D eigenvalue weighted by Gasteiger charge is -2.38. The summed E-state index contributed by atoms with van der Waals surface area (Å²) in [4.78, 5) is 21.1. The highest BCUT2D eigenvalue weighted by Gasteiger charge is 2.53. The van der Waals surface area contributed by atoms with Crippen molar-refractivity contribution in [3.63, 3.8) is 0 Å². The number of aliphatic hydroxyl groups excluding tert-OH is 1. The average Bonchev–Trinajstić information content (AvgIpc) is 1.78. The molecular formula is C7H10O4. The molecule has 0 saturated heterocycles. The minimum Gasteiger partial charge on any atom is -0.481 e. The molecule has 0 unspecified atom stereocenters. The third kappa shape index (κ3) is 1.03. The van der Waals surface area contributed by atoms with Crippen molar-refractivity contribution in [3.8, 4) is 0 Å². The predicted octanol–water partition coefficient (Wildman–Crippen LogP) is -0.199. The highest BCUT2D eigenvalue weighted by molar-refractivity contribution is 5.97. The van der Waals surface area contributed by atoms with Gasteiger partial charge in [0, 0.05) is 12.8 Å². The maximum atomic E-state index is 10.6. The van der Waals surface area contributed by atoms with E-state index < -0.39 is 17.5 Å². The Kier molecular flexibility index (Phi) is 1.72. The SMILES string of the molecule is C[C@H](O)C1(C(=O)O)CC(=O)C1. The van der Waals surface area contributed by atoms with E-state index in [1.54, 1.807) is 0 Å². The molecule has 62 valence electrons. The van der Waals surface area contributed by atoms with Crippen molar-refractivity contribution < 1.29 is 19.8 Å². The summed E-state index contributed by atoms with van der Waals surface area (Å²) in [6.45, 7) is 1.40. The fourth-order valence-corrected chi connectivity index (χ4v) is 1.28. The second-order valence-corrected chi connectivity index (χ2v) is 3.03. The Balaban J connectivity index is 2.76. The zero-order chi connectivity index (χ0) is 8.65. The van der Waals surface area contributed by atoms with Crippen LogP contribution >= 0.6 is 0 Å². The molecule has 1 fully saturated rings. The van der Waals surface area contributed by atoms with E-state index in [2.05, 4.69) is 0 Å². The standard InChI is InChI=1S/C7H10O4/c1-4(8)7(6(10)11)2-5(9)3-7/h4,8H,2-3H2,1H3,(H,10,11)/t4-/m0/s1. The fourth-order valence-electron chi connectivity index (χ4n) is 1.28. The molecule has 0 aromatic heterocycles. The number of carbonyl (C=O) groups is 2. The van der Waals surface area contributed by atoms with E-state index in [1.165, 1.54) is 6.92 Å². The van der Waals surface area contributed by atoms with Crippen molar-refractivity contribution in [2.75, 3.05) is 0 Å². The van der Waals surface area contributed by atoms with Crippen LogP contribution in [0.25, 0.3) is 0 Å². The molecule has 1 rings (SSSR count). The number of carboxylic acid groups (broad SMARTS) is 1. The van der Waals surface area contributed by atoms with Crippen LogP contribution in [0.15, 0.2) is 0 Å². The third-order valence-corrected chi connectivity index (χ3v) is 2.25. The van der Waals surface area contributed by atoms with Crippen LogP contribution in [-0.4, -0.2) is 28.1 Å². The van der Waals surface area contributed by atoms with Gasteiger partial charge in [-0.25, -0.2) is 0 Å². The smallest absolute Gasteiger partial charge is 0.313 e. The molecule has 2 N–H and O–H groups in total. The number of ketones is 1. The van der Waals surface area contributed by atoms with Gasteiger partial charge >= 0.3 is 5.97 Å². The quantitative estimate of drug-likeness (QED) is 0.583. The van der Waals surface area contributed by atoms with Gasteiger partial charge in [-0.3, -0.25) is 9.59 Å². The predicted molar refractivity (Wildman–Crippen MR) is 36.0 cm³/mol. The van der Waals surface area contributed by atoms with Crippen LogP contribution in [0.2, 0.25) is 0 Å². The fraction of sp³-hybridized carbons (Fsp3) is 0.714. The first-order valence-electron chi connectivity index (χ1n) is 3.42. The number of aliphatic carboxylic acids is 1. The minimum absolute atomic E-state index is 0.0278. The molecule has 0 spiro atoms. The van der Waals surface area contributed by atoms with Crippen LogP contribution in [0.5, 0.6) is 0 Å². The first-order valence-corrected chi connectivity index (χ1v) is 3.42. The highest BCUT2D eigenvalue weighted by atomic mass is 16.4. The van der Waals surface area contributed by atoms with Crippen LogP contribution in [0.3, 0.4) is 0 Å². The third-order valence-electron chi connectivity index (χ3n) is 2.25. The number of carboxylic acids is 1. The van der Waals surface area contributed by atoms with Crippen LogP contribution in [0.4, 0.5) is 0 Å². The zero-order valence-electron chi connectivity index (χ0n) is 6.20. The maximum Gasteiger partial charge on any atom is 0.313 e. The second kappa shape index (κ2) is 2.30. The first kappa shape index (κ1) is 8.20. The van der Waals surface area contributed by atoms with E-state index in [1.807, 2.05) is 0 Å². The Hall–Kier alpha value is -0.900. The minimum atomic E-state index is -1.18. The topological polar surface area (TPSA) is 74.6 Å². The summed E-state index contributed by atoms with van der Waals surface area (Å²) in [6, 6.07) is 0. The molecule has 1 saturated carbocycles. The van der Waals surface area contributed by atoms with Gasteiger partial charge in [-0.15, -0.1) is 0 Å². The molecule has 11 heavy (non-hydrogen) atoms. The van der Waals surface area contributed by atoms with E-state index in [0.717, 1.165) is 0 Å². The van der Waals surface area contributed by atoms with Crippen LogP contribution in [0.1, 0.15) is 19.8 Å². The van der Waals surface area contributed by atoms with Gasteiger partial charge in [0.15, 0.2) is 0 Å². The summed E-state index contributed by atoms with van der Waals surface area (Å²) in [6.07, 6.45) is -1.00. The summed E-state index contributed by atoms with van der Waals surface area (Å²) in [5, 5.41) is 17.7. The van der Waals surface area contributed by atoms with Gasteiger partial charge in [0.25, 0.3) is 0 Å². The second-order valence-electron chi connectivity index (χ2n) is 3.03. The number of carbonyl (C=O) groups excluding carboxylic acids is 1. The molecule has 4 nitrogen and oxygen atoms in total. The number of hydrogen-bond acceptors (Lipinski definition) is 3. The number of rotatable bonds is 2. The lowest BCUT2D eigenvalue weighted by atomic mass is 9.64. The van der Waals surface area contributed by atoms with Gasteiger partial charge in [0.1, 0.15) is 11.2 Å². The lowest BCUT2D eigenvalue weighted by molar-refractivity contribution is -0.170. The lowest BCUT2D eigenvalue weighted by Crippen LogP contribution is -2.51. The molecule has 1 aliphatic rings. The van der Waals surface area contributed by atoms with Gasteiger partial charge < -0.3 is 10.2 Å². The first-order chi connectivity index (χ1) is 4.99. The van der Waals surface area contributed by atoms with Crippen LogP contribution in [0, 0.1) is 5.41 Å². The Morgan fingerprint density at radius 2 is 2.09 bits per heavy atom. The molecule has 1 atom stereocenters. The van der Waals surface area contributed by atoms with Gasteiger partial charge in [-0.2, -0.15) is 0 Å². The van der Waals surface area contributed by atoms with Crippen molar-refractivity contribution in [1.29, 1.82) is 0 Å². The summed E-state index contributed by atoms with van der Waals surface area (Å²) < 4.78 is 0. The van der Waals surface area contributed by atoms with E-state index in [0.29, 0.717) is 0 Å². The molecule has 0 heterocycles. The molecule has 0 radical (unpaired) electrons. The molecule has 0 bridgehead atoms. The van der Waals surface area contributed by atoms with Gasteiger partial charge in [-0.05, 0) is 6.92 Å². The summed E-state index contributed by atoms with van der Waals surface area (Å²) in [5.41, 5.74) is -1.18. The Morgan fingerprint density at radius 1 is 1.64 bits per heavy atom. The van der Waals surface area contributed by atoms with Crippen LogP contribution < -0.4 is 0 Å². The largest absolute Gasteiger partial charge is 0.481 e. The molecule has 4 heteroatoms. The monoisotopic (exact) mass is 158 g/mol. The molecule has 1 aliphatic carbocycles. The molecule has 0 amide bonds. The van der Waals surface area contributed by atoms with Crippen molar-refractivity contribution in [1.82, 2.24) is 0 Å². The molecule has 0 aromatic carbocycles. The van der Waals surface area contributed by atoms with Crippen molar-refractivity contribution >= 4 is 11.8 Å². The zero-order valence-corrected chi connectivity index (χ0v) is 6.20. The Labute approximate surface area is 63.8 Å². The van der Waals surface area contributed by atoms with E-state index >= 15 is 0 Å². The Morgan fingerprint density at radius 3 is 2.18 bits per heavy atom. The molecule has 0 aromatic rings. The number of Topliss-reactive ketones (excluding diaryl/α,β-unsaturated/α-hetero) is 1. The molecule has 0 aliphatic heterocycles. The number of aliphatic hydroxyl groups is 1. The number of hydrogen-bond donors (Lipinski definition) is 2. The van der Waals surface area contributed by atoms with Crippen LogP contribution in [-0.2, 0) is 9.59 Å². The summed E-state index contributed by atoms with van der Waals surface area (Å²) in [5.74, 6) is -1.17. The van der Waals surface area contributed by atoms with Crippen molar-refractivity contribution in [2.45, 2.75) is 25.9 Å². The summed E-state index contributed by atoms with van der Waals surface area (Å²) >= 11 is 0. The molecular weight excluding hydrogens is 148 g/mol. The normalized spacial score (nSPS) is 24.0. The Bertz CT molecular complexity index is 198. The van der Waals surface area contributed by atoms with Gasteiger partial charge in [-0.1, -0.05) is 0 Å². The average molecular weight is 158 g/mol. The summed E-state index contributed by atoms with van der Waals surface area (Å²) in [7, 11) is 0. The van der Waals surface area contributed by atoms with Crippen molar-refractivity contribution in [3.05, 3.63) is 0 Å². The van der Waals surface area contributed by atoms with E-state index in [9.17, 15) is 9.59 Å². The maximum absolute atomic E-state index is 10.6. The highest BCUT2D eigenvalue weighted by Crippen LogP contribution is 2.41. The van der Waals surface area contributed by atoms with Crippen molar-refractivity contribution in [2.24, 2.45) is 5.41 Å². The van der Waals surface area contributed by atoms with Gasteiger partial charge in [0.05, 0.1) is 6.10 Å². The van der Waals surface area contributed by atoms with E-state index in [4.69, 9.17) is 10.2 Å².